The van der Waals surface area contributed by atoms with Crippen molar-refractivity contribution in [3.8, 4) is 0 Å². The van der Waals surface area contributed by atoms with Crippen LogP contribution in [0.4, 0.5) is 0 Å². The second-order valence-corrected chi connectivity index (χ2v) is 2.48. The summed E-state index contributed by atoms with van der Waals surface area (Å²) in [5.74, 6) is -5.02. The van der Waals surface area contributed by atoms with Gasteiger partial charge >= 0.3 is 17.9 Å². The molecular formula is C6H14FeO10. The van der Waals surface area contributed by atoms with Gasteiger partial charge in [0.1, 0.15) is 0 Å². The van der Waals surface area contributed by atoms with E-state index in [1.54, 1.807) is 0 Å². The van der Waals surface area contributed by atoms with Gasteiger partial charge in [-0.25, -0.2) is 4.79 Å². The first-order valence-corrected chi connectivity index (χ1v) is 3.17. The Morgan fingerprint density at radius 1 is 0.824 bits per heavy atom. The molecule has 0 bridgehead atoms. The summed E-state index contributed by atoms with van der Waals surface area (Å²) in [4.78, 5) is 30.5. The van der Waals surface area contributed by atoms with E-state index in [-0.39, 0.29) is 33.5 Å². The molecule has 0 spiro atoms. The average Bonchev–Trinajstić information content (AvgIpc) is 1.82. The third kappa shape index (κ3) is 11.0. The van der Waals surface area contributed by atoms with Crippen LogP contribution in [-0.2, 0) is 31.5 Å². The molecule has 11 heteroatoms. The minimum Gasteiger partial charge on any atom is -0.481 e. The van der Waals surface area contributed by atoms with Crippen LogP contribution in [-0.4, -0.2) is 60.4 Å². The van der Waals surface area contributed by atoms with E-state index in [1.807, 2.05) is 0 Å². The minimum absolute atomic E-state index is 0. The molecule has 0 saturated carbocycles. The van der Waals surface area contributed by atoms with E-state index in [0.717, 1.165) is 0 Å². The van der Waals surface area contributed by atoms with Gasteiger partial charge in [0.25, 0.3) is 0 Å². The predicted molar refractivity (Wildman–Crippen MR) is 47.9 cm³/mol. The number of aliphatic carboxylic acids is 3. The van der Waals surface area contributed by atoms with Crippen LogP contribution in [0.5, 0.6) is 0 Å². The van der Waals surface area contributed by atoms with Crippen LogP contribution in [0.3, 0.4) is 0 Å². The van der Waals surface area contributed by atoms with E-state index in [4.69, 9.17) is 20.4 Å². The second-order valence-electron chi connectivity index (χ2n) is 2.48. The summed E-state index contributed by atoms with van der Waals surface area (Å²) < 4.78 is 0. The molecule has 0 fully saturated rings. The van der Waals surface area contributed by atoms with Crippen LogP contribution in [0.2, 0.25) is 0 Å². The third-order valence-corrected chi connectivity index (χ3v) is 1.29. The van der Waals surface area contributed by atoms with Crippen molar-refractivity contribution in [1.29, 1.82) is 0 Å². The van der Waals surface area contributed by atoms with E-state index in [9.17, 15) is 14.4 Å². The molecule has 0 atom stereocenters. The van der Waals surface area contributed by atoms with Crippen LogP contribution in [0.15, 0.2) is 0 Å². The van der Waals surface area contributed by atoms with Crippen LogP contribution in [0, 0.1) is 0 Å². The minimum atomic E-state index is -2.74. The molecule has 10 nitrogen and oxygen atoms in total. The Bertz CT molecular complexity index is 235. The first-order valence-electron chi connectivity index (χ1n) is 3.17. The zero-order valence-electron chi connectivity index (χ0n) is 8.28. The van der Waals surface area contributed by atoms with Crippen molar-refractivity contribution in [2.75, 3.05) is 0 Å². The van der Waals surface area contributed by atoms with Crippen LogP contribution in [0.1, 0.15) is 12.8 Å². The summed E-state index contributed by atoms with van der Waals surface area (Å²) in [5.41, 5.74) is -2.74. The summed E-state index contributed by atoms with van der Waals surface area (Å²) in [6.07, 6.45) is -2.29. The van der Waals surface area contributed by atoms with Crippen LogP contribution >= 0.6 is 0 Å². The van der Waals surface area contributed by atoms with Gasteiger partial charge in [0.05, 0.1) is 12.8 Å². The molecule has 106 valence electrons. The molecule has 0 aromatic carbocycles. The molecule has 0 heterocycles. The van der Waals surface area contributed by atoms with E-state index in [2.05, 4.69) is 0 Å². The summed E-state index contributed by atoms with van der Waals surface area (Å²) in [7, 11) is 0. The fourth-order valence-corrected chi connectivity index (χ4v) is 0.714. The number of aliphatic hydroxyl groups is 1. The molecular weight excluding hydrogens is 288 g/mol. The number of hydrogen-bond acceptors (Lipinski definition) is 4. The number of carboxylic acids is 3. The monoisotopic (exact) mass is 302 g/mol. The number of carbonyl (C=O) groups is 3. The summed E-state index contributed by atoms with van der Waals surface area (Å²) in [6, 6.07) is 0. The first-order chi connectivity index (χ1) is 5.78. The molecule has 0 aromatic heterocycles. The van der Waals surface area contributed by atoms with Crippen molar-refractivity contribution < 1.29 is 68.3 Å². The largest absolute Gasteiger partial charge is 0.481 e. The van der Waals surface area contributed by atoms with Gasteiger partial charge in [-0.2, -0.15) is 0 Å². The molecule has 0 aliphatic heterocycles. The van der Waals surface area contributed by atoms with Gasteiger partial charge in [0.15, 0.2) is 5.60 Å². The molecule has 0 aromatic rings. The smallest absolute Gasteiger partial charge is 0.336 e. The van der Waals surface area contributed by atoms with Gasteiger partial charge in [0.2, 0.25) is 0 Å². The number of hydrogen-bond donors (Lipinski definition) is 4. The van der Waals surface area contributed by atoms with E-state index >= 15 is 0 Å². The molecule has 0 aliphatic rings. The van der Waals surface area contributed by atoms with Crippen LogP contribution < -0.4 is 0 Å². The van der Waals surface area contributed by atoms with Gasteiger partial charge in [-0.15, -0.1) is 0 Å². The Kier molecular flexibility index (Phi) is 19.6. The topological polar surface area (TPSA) is 227 Å². The quantitative estimate of drug-likeness (QED) is 0.370. The molecule has 0 aliphatic carbocycles. The average molecular weight is 302 g/mol. The van der Waals surface area contributed by atoms with E-state index in [0.29, 0.717) is 0 Å². The molecule has 10 N–H and O–H groups in total. The molecule has 17 heavy (non-hydrogen) atoms. The number of rotatable bonds is 5. The molecule has 0 unspecified atom stereocenters. The second kappa shape index (κ2) is 11.3. The van der Waals surface area contributed by atoms with Gasteiger partial charge in [0, 0.05) is 17.1 Å². The van der Waals surface area contributed by atoms with Crippen molar-refractivity contribution in [2.24, 2.45) is 0 Å². The van der Waals surface area contributed by atoms with Gasteiger partial charge in [-0.1, -0.05) is 0 Å². The van der Waals surface area contributed by atoms with Crippen molar-refractivity contribution in [1.82, 2.24) is 0 Å². The number of carboxylic acid groups (broad SMARTS) is 3. The molecule has 0 saturated heterocycles. The molecule has 0 amide bonds. The Labute approximate surface area is 105 Å². The van der Waals surface area contributed by atoms with Crippen molar-refractivity contribution in [3.05, 3.63) is 0 Å². The maximum absolute atomic E-state index is 10.3. The zero-order valence-corrected chi connectivity index (χ0v) is 9.39. The summed E-state index contributed by atoms with van der Waals surface area (Å²) in [5, 5.41) is 33.8. The third-order valence-electron chi connectivity index (χ3n) is 1.29. The van der Waals surface area contributed by atoms with E-state index < -0.39 is 36.4 Å². The van der Waals surface area contributed by atoms with Gasteiger partial charge < -0.3 is 36.9 Å². The Hall–Kier alpha value is -1.23. The van der Waals surface area contributed by atoms with Crippen molar-refractivity contribution in [2.45, 2.75) is 18.4 Å². The van der Waals surface area contributed by atoms with Crippen molar-refractivity contribution in [3.63, 3.8) is 0 Å². The summed E-state index contributed by atoms with van der Waals surface area (Å²) >= 11 is 0. The Morgan fingerprint density at radius 2 is 1.06 bits per heavy atom. The van der Waals surface area contributed by atoms with E-state index in [1.165, 1.54) is 0 Å². The van der Waals surface area contributed by atoms with Crippen LogP contribution in [0.25, 0.3) is 0 Å². The fraction of sp³-hybridized carbons (Fsp3) is 0.500. The Morgan fingerprint density at radius 3 is 1.18 bits per heavy atom. The van der Waals surface area contributed by atoms with Crippen molar-refractivity contribution >= 4 is 17.9 Å². The summed E-state index contributed by atoms with van der Waals surface area (Å²) in [6.45, 7) is 0. The fourth-order valence-electron chi connectivity index (χ4n) is 0.714. The van der Waals surface area contributed by atoms with Gasteiger partial charge in [-0.3, -0.25) is 9.59 Å². The molecule has 0 rings (SSSR count). The normalized spacial score (nSPS) is 8.29. The first kappa shape index (κ1) is 29.7. The zero-order chi connectivity index (χ0) is 10.6. The standard InChI is InChI=1S/C6H8O7.Fe.3H2O/c7-3(8)1-6(13,5(11)12)2-4(9)10;;;;/h13H,1-2H2,(H,7,8)(H,9,10)(H,11,12);;3*1H2. The maximum atomic E-state index is 10.3. The predicted octanol–water partition coefficient (Wildman–Crippen LogP) is -3.73. The van der Waals surface area contributed by atoms with Gasteiger partial charge in [-0.05, 0) is 0 Å². The Balaban J connectivity index is -0.000000120. The molecule has 0 radical (unpaired) electrons. The SMILES string of the molecule is O.O.O.O=C(O)CC(O)(CC(=O)O)C(=O)O.[Fe]. The maximum Gasteiger partial charge on any atom is 0.336 e.